The molecule has 2 heterocycles. The molecule has 0 bridgehead atoms. The van der Waals surface area contributed by atoms with Gasteiger partial charge in [-0.25, -0.2) is 4.79 Å². The molecule has 1 fully saturated rings. The third-order valence-electron chi connectivity index (χ3n) is 6.56. The molecule has 0 aliphatic carbocycles. The van der Waals surface area contributed by atoms with Crippen LogP contribution in [0.3, 0.4) is 0 Å². The van der Waals surface area contributed by atoms with Crippen molar-refractivity contribution in [1.82, 2.24) is 4.90 Å². The third-order valence-corrected chi connectivity index (χ3v) is 6.56. The summed E-state index contributed by atoms with van der Waals surface area (Å²) in [7, 11) is 1.40. The van der Waals surface area contributed by atoms with Crippen molar-refractivity contribution >= 4 is 23.0 Å². The predicted molar refractivity (Wildman–Crippen MR) is 124 cm³/mol. The quantitative estimate of drug-likeness (QED) is 0.566. The van der Waals surface area contributed by atoms with E-state index >= 15 is 0 Å². The van der Waals surface area contributed by atoms with Crippen LogP contribution in [0.15, 0.2) is 36.4 Å². The van der Waals surface area contributed by atoms with Gasteiger partial charge in [0.15, 0.2) is 0 Å². The Balaban J connectivity index is 1.80. The summed E-state index contributed by atoms with van der Waals surface area (Å²) in [6.07, 6.45) is 1.82. The number of likely N-dealkylation sites (tertiary alicyclic amines) is 1. The van der Waals surface area contributed by atoms with E-state index < -0.39 is 0 Å². The molecule has 2 aliphatic rings. The van der Waals surface area contributed by atoms with Gasteiger partial charge in [-0.05, 0) is 55.6 Å². The highest BCUT2D eigenvalue weighted by Gasteiger charge is 2.49. The molecule has 0 aromatic heterocycles. The van der Waals surface area contributed by atoms with Gasteiger partial charge in [0.2, 0.25) is 0 Å². The Labute approximate surface area is 184 Å². The van der Waals surface area contributed by atoms with Crippen LogP contribution in [0.2, 0.25) is 0 Å². The van der Waals surface area contributed by atoms with Gasteiger partial charge in [-0.15, -0.1) is 0 Å². The standard InChI is InChI=1S/C25H33N3O3/c1-24(2,3)15-27-13-11-25(12-14-27)16-28(19-8-6-5-7-18(19)26)22-20(29)10-9-17(21(22)25)23(30)31-4/h5-10,29H,11-16,26H2,1-4H3. The van der Waals surface area contributed by atoms with E-state index in [2.05, 4.69) is 30.6 Å². The average Bonchev–Trinajstić information content (AvgIpc) is 3.05. The van der Waals surface area contributed by atoms with Crippen molar-refractivity contribution in [2.45, 2.75) is 39.0 Å². The number of hydrogen-bond donors (Lipinski definition) is 2. The molecule has 0 atom stereocenters. The normalized spacial score (nSPS) is 18.3. The lowest BCUT2D eigenvalue weighted by atomic mass is 9.72. The lowest BCUT2D eigenvalue weighted by molar-refractivity contribution is 0.0595. The summed E-state index contributed by atoms with van der Waals surface area (Å²) >= 11 is 0. The molecular weight excluding hydrogens is 390 g/mol. The van der Waals surface area contributed by atoms with E-state index in [1.165, 1.54) is 7.11 Å². The van der Waals surface area contributed by atoms with Gasteiger partial charge in [-0.1, -0.05) is 32.9 Å². The topological polar surface area (TPSA) is 79.0 Å². The van der Waals surface area contributed by atoms with Gasteiger partial charge in [-0.3, -0.25) is 0 Å². The average molecular weight is 424 g/mol. The molecule has 6 nitrogen and oxygen atoms in total. The van der Waals surface area contributed by atoms with Crippen molar-refractivity contribution in [2.24, 2.45) is 5.41 Å². The number of carbonyl (C=O) groups excluding carboxylic acids is 1. The minimum absolute atomic E-state index is 0.167. The maximum atomic E-state index is 12.7. The number of phenolic OH excluding ortho intramolecular Hbond substituents is 1. The molecule has 1 saturated heterocycles. The number of nitrogens with zero attached hydrogens (tertiary/aromatic N) is 2. The highest BCUT2D eigenvalue weighted by atomic mass is 16.5. The summed E-state index contributed by atoms with van der Waals surface area (Å²) in [5.41, 5.74) is 9.94. The molecule has 0 unspecified atom stereocenters. The Morgan fingerprint density at radius 1 is 1.16 bits per heavy atom. The maximum Gasteiger partial charge on any atom is 0.338 e. The van der Waals surface area contributed by atoms with Crippen molar-refractivity contribution in [3.05, 3.63) is 47.5 Å². The van der Waals surface area contributed by atoms with Gasteiger partial charge in [0.25, 0.3) is 0 Å². The summed E-state index contributed by atoms with van der Waals surface area (Å²) in [4.78, 5) is 17.3. The Morgan fingerprint density at radius 2 is 1.84 bits per heavy atom. The van der Waals surface area contributed by atoms with E-state index in [0.29, 0.717) is 23.5 Å². The molecule has 2 aliphatic heterocycles. The van der Waals surface area contributed by atoms with Crippen molar-refractivity contribution in [3.8, 4) is 5.75 Å². The first kappa shape index (κ1) is 21.5. The largest absolute Gasteiger partial charge is 0.506 e. The predicted octanol–water partition coefficient (Wildman–Crippen LogP) is 4.29. The van der Waals surface area contributed by atoms with Crippen molar-refractivity contribution in [1.29, 1.82) is 0 Å². The van der Waals surface area contributed by atoms with Gasteiger partial charge < -0.3 is 25.4 Å². The van der Waals surface area contributed by atoms with Crippen LogP contribution in [0.25, 0.3) is 0 Å². The number of nitrogen functional groups attached to an aromatic ring is 1. The number of piperidine rings is 1. The number of aromatic hydroxyl groups is 1. The Morgan fingerprint density at radius 3 is 2.45 bits per heavy atom. The summed E-state index contributed by atoms with van der Waals surface area (Å²) in [5.74, 6) is -0.199. The number of para-hydroxylation sites is 2. The molecule has 2 aromatic rings. The van der Waals surface area contributed by atoms with Crippen LogP contribution in [0, 0.1) is 5.41 Å². The van der Waals surface area contributed by atoms with Crippen LogP contribution in [0.5, 0.6) is 5.75 Å². The number of ether oxygens (including phenoxy) is 1. The highest BCUT2D eigenvalue weighted by Crippen LogP contribution is 2.55. The molecule has 31 heavy (non-hydrogen) atoms. The number of phenols is 1. The summed E-state index contributed by atoms with van der Waals surface area (Å²) in [6.45, 7) is 10.4. The number of fused-ring (bicyclic) bond motifs is 2. The molecule has 166 valence electrons. The van der Waals surface area contributed by atoms with Crippen LogP contribution in [-0.4, -0.2) is 49.3 Å². The van der Waals surface area contributed by atoms with Gasteiger partial charge in [-0.2, -0.15) is 0 Å². The van der Waals surface area contributed by atoms with E-state index in [1.807, 2.05) is 24.3 Å². The number of rotatable bonds is 3. The number of carbonyl (C=O) groups is 1. The number of nitrogens with two attached hydrogens (primary N) is 1. The van der Waals surface area contributed by atoms with Crippen molar-refractivity contribution in [2.75, 3.05) is 43.9 Å². The lowest BCUT2D eigenvalue weighted by Crippen LogP contribution is -2.47. The minimum Gasteiger partial charge on any atom is -0.506 e. The number of benzene rings is 2. The molecule has 3 N–H and O–H groups in total. The highest BCUT2D eigenvalue weighted by molar-refractivity contribution is 5.97. The smallest absolute Gasteiger partial charge is 0.338 e. The zero-order chi connectivity index (χ0) is 22.4. The van der Waals surface area contributed by atoms with Gasteiger partial charge in [0.1, 0.15) is 5.75 Å². The molecular formula is C25H33N3O3. The second-order valence-corrected chi connectivity index (χ2v) is 10.1. The second-order valence-electron chi connectivity index (χ2n) is 10.1. The fraction of sp³-hybridized carbons (Fsp3) is 0.480. The summed E-state index contributed by atoms with van der Waals surface area (Å²) in [5, 5.41) is 10.9. The van der Waals surface area contributed by atoms with E-state index in [-0.39, 0.29) is 22.5 Å². The van der Waals surface area contributed by atoms with Crippen LogP contribution in [-0.2, 0) is 10.2 Å². The first-order valence-electron chi connectivity index (χ1n) is 10.9. The molecule has 0 amide bonds. The minimum atomic E-state index is -0.365. The van der Waals surface area contributed by atoms with E-state index in [1.54, 1.807) is 12.1 Å². The van der Waals surface area contributed by atoms with E-state index in [9.17, 15) is 9.90 Å². The van der Waals surface area contributed by atoms with E-state index in [4.69, 9.17) is 10.5 Å². The maximum absolute atomic E-state index is 12.7. The van der Waals surface area contributed by atoms with Crippen molar-refractivity contribution in [3.63, 3.8) is 0 Å². The first-order valence-corrected chi connectivity index (χ1v) is 10.9. The molecule has 4 rings (SSSR count). The molecule has 2 aromatic carbocycles. The third kappa shape index (κ3) is 3.85. The van der Waals surface area contributed by atoms with Crippen molar-refractivity contribution < 1.29 is 14.6 Å². The Bertz CT molecular complexity index is 988. The van der Waals surface area contributed by atoms with E-state index in [0.717, 1.165) is 43.7 Å². The number of hydrogen-bond acceptors (Lipinski definition) is 6. The van der Waals surface area contributed by atoms with Crippen LogP contribution >= 0.6 is 0 Å². The monoisotopic (exact) mass is 423 g/mol. The molecule has 0 saturated carbocycles. The van der Waals surface area contributed by atoms with Gasteiger partial charge >= 0.3 is 5.97 Å². The number of esters is 1. The summed E-state index contributed by atoms with van der Waals surface area (Å²) < 4.78 is 5.11. The number of anilines is 3. The summed E-state index contributed by atoms with van der Waals surface area (Å²) in [6, 6.07) is 11.0. The van der Waals surface area contributed by atoms with Crippen LogP contribution < -0.4 is 10.6 Å². The fourth-order valence-electron chi connectivity index (χ4n) is 5.29. The zero-order valence-corrected chi connectivity index (χ0v) is 18.9. The van der Waals surface area contributed by atoms with Gasteiger partial charge in [0, 0.05) is 24.1 Å². The van der Waals surface area contributed by atoms with Crippen LogP contribution in [0.1, 0.15) is 49.5 Å². The lowest BCUT2D eigenvalue weighted by Gasteiger charge is -2.42. The second kappa shape index (κ2) is 7.75. The van der Waals surface area contributed by atoms with Crippen LogP contribution in [0.4, 0.5) is 17.1 Å². The molecule has 6 heteroatoms. The Hall–Kier alpha value is -2.73. The molecule has 1 spiro atoms. The molecule has 0 radical (unpaired) electrons. The first-order chi connectivity index (χ1) is 14.6. The number of methoxy groups -OCH3 is 1. The SMILES string of the molecule is COC(=O)c1ccc(O)c2c1C1(CCN(CC(C)(C)C)CC1)CN2c1ccccc1N. The fourth-order valence-corrected chi connectivity index (χ4v) is 5.29. The Kier molecular flexibility index (Phi) is 5.38. The van der Waals surface area contributed by atoms with Gasteiger partial charge in [0.05, 0.1) is 29.7 Å². The zero-order valence-electron chi connectivity index (χ0n) is 18.9.